The average molecular weight is 353 g/mol. The van der Waals surface area contributed by atoms with E-state index in [4.69, 9.17) is 19.7 Å². The van der Waals surface area contributed by atoms with Crippen molar-refractivity contribution in [2.45, 2.75) is 64.5 Å². The smallest absolute Gasteiger partial charge is 0.459 e. The van der Waals surface area contributed by atoms with E-state index in [-0.39, 0.29) is 12.6 Å². The lowest BCUT2D eigenvalue weighted by Crippen LogP contribution is -2.45. The lowest BCUT2D eigenvalue weighted by atomic mass is 9.95. The van der Waals surface area contributed by atoms with Crippen molar-refractivity contribution < 1.29 is 33.0 Å². The highest BCUT2D eigenvalue weighted by Gasteiger charge is 2.31. The number of hydrogen-bond donors (Lipinski definition) is 2. The molecule has 0 bridgehead atoms. The number of hydrogen-bond acceptors (Lipinski definition) is 5. The van der Waals surface area contributed by atoms with E-state index < -0.39 is 27.7 Å². The van der Waals surface area contributed by atoms with Crippen molar-refractivity contribution in [1.29, 1.82) is 0 Å². The van der Waals surface area contributed by atoms with Gasteiger partial charge in [-0.1, -0.05) is 19.3 Å². The molecule has 1 rings (SSSR count). The molecule has 0 aromatic carbocycles. The van der Waals surface area contributed by atoms with E-state index in [0.717, 1.165) is 38.4 Å². The van der Waals surface area contributed by atoms with Gasteiger partial charge in [0.2, 0.25) is 10.0 Å². The third-order valence-electron chi connectivity index (χ3n) is 3.11. The largest absolute Gasteiger partial charge is 0.503 e. The molecule has 0 unspecified atom stereocenters. The molecule has 0 saturated heterocycles. The van der Waals surface area contributed by atoms with Gasteiger partial charge in [0.15, 0.2) is 0 Å². The predicted octanol–water partition coefficient (Wildman–Crippen LogP) is 2.14. The third kappa shape index (κ3) is 10.9. The van der Waals surface area contributed by atoms with E-state index in [9.17, 15) is 13.2 Å². The highest BCUT2D eigenvalue weighted by molar-refractivity contribution is 7.88. The molecule has 1 fully saturated rings. The summed E-state index contributed by atoms with van der Waals surface area (Å²) >= 11 is 0. The SMILES string of the molecule is CC(C)(C)OC(=O)CN(C1CCCCC1)S(C)(=O)=O.O=C(O)O. The van der Waals surface area contributed by atoms with Crippen LogP contribution in [-0.4, -0.2) is 59.5 Å². The summed E-state index contributed by atoms with van der Waals surface area (Å²) < 4.78 is 30.2. The van der Waals surface area contributed by atoms with Crippen LogP contribution in [0.4, 0.5) is 4.79 Å². The molecule has 0 heterocycles. The van der Waals surface area contributed by atoms with E-state index in [2.05, 4.69) is 0 Å². The molecule has 0 aromatic heterocycles. The standard InChI is InChI=1S/C13H25NO4S.CH2O3/c1-13(2,3)18-12(15)10-14(19(4,16)17)11-8-6-5-7-9-11;2-1(3)4/h11H,5-10H2,1-4H3;(H2,2,3,4). The molecule has 0 aliphatic heterocycles. The first-order valence-electron chi connectivity index (χ1n) is 7.43. The van der Waals surface area contributed by atoms with Crippen molar-refractivity contribution >= 4 is 22.1 Å². The highest BCUT2D eigenvalue weighted by atomic mass is 32.2. The molecule has 23 heavy (non-hydrogen) atoms. The predicted molar refractivity (Wildman–Crippen MR) is 84.9 cm³/mol. The van der Waals surface area contributed by atoms with Crippen LogP contribution < -0.4 is 0 Å². The summed E-state index contributed by atoms with van der Waals surface area (Å²) in [5.41, 5.74) is -0.590. The van der Waals surface area contributed by atoms with Crippen molar-refractivity contribution in [2.24, 2.45) is 0 Å². The molecule has 0 aromatic rings. The van der Waals surface area contributed by atoms with Crippen LogP contribution in [-0.2, 0) is 19.6 Å². The van der Waals surface area contributed by atoms with Gasteiger partial charge in [0, 0.05) is 6.04 Å². The second-order valence-corrected chi connectivity index (χ2v) is 8.40. The second-order valence-electron chi connectivity index (χ2n) is 6.47. The minimum Gasteiger partial charge on any atom is -0.459 e. The van der Waals surface area contributed by atoms with Gasteiger partial charge < -0.3 is 14.9 Å². The zero-order valence-corrected chi connectivity index (χ0v) is 14.9. The van der Waals surface area contributed by atoms with Crippen LogP contribution in [0.3, 0.4) is 0 Å². The Labute approximate surface area is 137 Å². The molecule has 9 heteroatoms. The lowest BCUT2D eigenvalue weighted by molar-refractivity contribution is -0.155. The number of carboxylic acid groups (broad SMARTS) is 2. The normalized spacial score (nSPS) is 16.4. The molecule has 1 saturated carbocycles. The monoisotopic (exact) mass is 353 g/mol. The van der Waals surface area contributed by atoms with Crippen molar-refractivity contribution in [3.63, 3.8) is 0 Å². The van der Waals surface area contributed by atoms with Crippen LogP contribution in [0.1, 0.15) is 52.9 Å². The Morgan fingerprint density at radius 2 is 1.57 bits per heavy atom. The minimum absolute atomic E-state index is 0.0590. The molecular formula is C14H27NO7S. The first kappa shape index (κ1) is 21.6. The highest BCUT2D eigenvalue weighted by Crippen LogP contribution is 2.24. The van der Waals surface area contributed by atoms with E-state index in [1.165, 1.54) is 4.31 Å². The topological polar surface area (TPSA) is 121 Å². The Morgan fingerprint density at radius 1 is 1.13 bits per heavy atom. The summed E-state index contributed by atoms with van der Waals surface area (Å²) in [6.07, 6.45) is 4.16. The zero-order chi connectivity index (χ0) is 18.3. The quantitative estimate of drug-likeness (QED) is 0.743. The molecule has 0 radical (unpaired) electrons. The number of nitrogens with zero attached hydrogens (tertiary/aromatic N) is 1. The summed E-state index contributed by atoms with van der Waals surface area (Å²) in [6, 6.07) is -0.0590. The third-order valence-corrected chi connectivity index (χ3v) is 4.39. The van der Waals surface area contributed by atoms with E-state index in [0.29, 0.717) is 0 Å². The van der Waals surface area contributed by atoms with E-state index in [1.54, 1.807) is 20.8 Å². The number of carbonyl (C=O) groups is 2. The summed E-state index contributed by atoms with van der Waals surface area (Å²) in [5.74, 6) is -0.483. The first-order valence-corrected chi connectivity index (χ1v) is 9.28. The Morgan fingerprint density at radius 3 is 1.91 bits per heavy atom. The molecule has 8 nitrogen and oxygen atoms in total. The first-order chi connectivity index (χ1) is 10.3. The van der Waals surface area contributed by atoms with Crippen LogP contribution in [0.5, 0.6) is 0 Å². The summed E-state index contributed by atoms with van der Waals surface area (Å²) in [6.45, 7) is 5.14. The summed E-state index contributed by atoms with van der Waals surface area (Å²) in [7, 11) is -3.38. The maximum atomic E-state index is 11.8. The van der Waals surface area contributed by atoms with Gasteiger partial charge in [-0.25, -0.2) is 13.2 Å². The fraction of sp³-hybridized carbons (Fsp3) is 0.857. The summed E-state index contributed by atoms with van der Waals surface area (Å²) in [4.78, 5) is 20.4. The fourth-order valence-corrected chi connectivity index (χ4v) is 3.48. The number of rotatable bonds is 4. The number of sulfonamides is 1. The van der Waals surface area contributed by atoms with E-state index in [1.807, 2.05) is 0 Å². The van der Waals surface area contributed by atoms with Crippen molar-refractivity contribution in [1.82, 2.24) is 4.31 Å². The van der Waals surface area contributed by atoms with Gasteiger partial charge in [-0.15, -0.1) is 0 Å². The maximum Gasteiger partial charge on any atom is 0.503 e. The summed E-state index contributed by atoms with van der Waals surface area (Å²) in [5, 5.41) is 13.9. The Balaban J connectivity index is 0.00000108. The molecule has 0 atom stereocenters. The molecule has 2 N–H and O–H groups in total. The lowest BCUT2D eigenvalue weighted by Gasteiger charge is -2.32. The second kappa shape index (κ2) is 9.07. The van der Waals surface area contributed by atoms with Crippen molar-refractivity contribution in [3.05, 3.63) is 0 Å². The molecule has 1 aliphatic rings. The van der Waals surface area contributed by atoms with E-state index >= 15 is 0 Å². The van der Waals surface area contributed by atoms with Gasteiger partial charge >= 0.3 is 12.1 Å². The Bertz CT molecular complexity index is 486. The minimum atomic E-state index is -3.38. The van der Waals surface area contributed by atoms with Crippen LogP contribution in [0.15, 0.2) is 0 Å². The van der Waals surface area contributed by atoms with Gasteiger partial charge in [0.1, 0.15) is 12.1 Å². The molecule has 1 aliphatic carbocycles. The van der Waals surface area contributed by atoms with Gasteiger partial charge in [-0.2, -0.15) is 4.31 Å². The average Bonchev–Trinajstić information content (AvgIpc) is 2.33. The fourth-order valence-electron chi connectivity index (χ4n) is 2.39. The number of carbonyl (C=O) groups excluding carboxylic acids is 1. The van der Waals surface area contributed by atoms with Crippen LogP contribution in [0.2, 0.25) is 0 Å². The number of ether oxygens (including phenoxy) is 1. The van der Waals surface area contributed by atoms with Gasteiger partial charge in [-0.3, -0.25) is 4.79 Å². The van der Waals surface area contributed by atoms with Gasteiger partial charge in [0.05, 0.1) is 6.26 Å². The molecule has 0 amide bonds. The molecule has 0 spiro atoms. The van der Waals surface area contributed by atoms with Gasteiger partial charge in [0.25, 0.3) is 0 Å². The van der Waals surface area contributed by atoms with Gasteiger partial charge in [-0.05, 0) is 33.6 Å². The Kier molecular flexibility index (Phi) is 8.54. The van der Waals surface area contributed by atoms with Crippen LogP contribution in [0.25, 0.3) is 0 Å². The Hall–Kier alpha value is -1.35. The van der Waals surface area contributed by atoms with Crippen molar-refractivity contribution in [2.75, 3.05) is 12.8 Å². The zero-order valence-electron chi connectivity index (χ0n) is 14.1. The molecular weight excluding hydrogens is 326 g/mol. The van der Waals surface area contributed by atoms with Crippen molar-refractivity contribution in [3.8, 4) is 0 Å². The molecule has 136 valence electrons. The number of esters is 1. The van der Waals surface area contributed by atoms with Crippen LogP contribution >= 0.6 is 0 Å². The maximum absolute atomic E-state index is 11.8. The van der Waals surface area contributed by atoms with Crippen LogP contribution in [0, 0.1) is 0 Å².